The Bertz CT molecular complexity index is 1050. The van der Waals surface area contributed by atoms with Gasteiger partial charge in [-0.1, -0.05) is 23.9 Å². The summed E-state index contributed by atoms with van der Waals surface area (Å²) < 4.78 is 5.49. The number of hydrazine groups is 1. The molecule has 3 N–H and O–H groups in total. The number of nitrogens with zero attached hydrogens (tertiary/aromatic N) is 1. The first-order valence-corrected chi connectivity index (χ1v) is 9.84. The van der Waals surface area contributed by atoms with Crippen LogP contribution in [0, 0.1) is 0 Å². The third kappa shape index (κ3) is 4.97. The monoisotopic (exact) mass is 444 g/mol. The second kappa shape index (κ2) is 8.97. The molecular weight excluding hydrogens is 428 g/mol. The largest absolute Gasteiger partial charge is 0.508 e. The van der Waals surface area contributed by atoms with Crippen LogP contribution in [-0.4, -0.2) is 43.4 Å². The molecule has 1 unspecified atom stereocenters. The number of carboxylic acids is 1. The van der Waals surface area contributed by atoms with E-state index in [0.717, 1.165) is 16.8 Å². The predicted molar refractivity (Wildman–Crippen MR) is 115 cm³/mol. The summed E-state index contributed by atoms with van der Waals surface area (Å²) in [6, 6.07) is 12.2. The average Bonchev–Trinajstić information content (AvgIpc) is 2.96. The maximum absolute atomic E-state index is 12.7. The van der Waals surface area contributed by atoms with Crippen LogP contribution >= 0.6 is 24.0 Å². The van der Waals surface area contributed by atoms with Crippen LogP contribution in [0.3, 0.4) is 0 Å². The zero-order valence-corrected chi connectivity index (χ0v) is 17.2. The minimum atomic E-state index is -1.09. The lowest BCUT2D eigenvalue weighted by Gasteiger charge is -2.15. The summed E-state index contributed by atoms with van der Waals surface area (Å²) in [6.07, 6.45) is 0.554. The molecule has 0 spiro atoms. The summed E-state index contributed by atoms with van der Waals surface area (Å²) in [4.78, 5) is 36.2. The number of hydrogen-bond donors (Lipinski definition) is 3. The van der Waals surface area contributed by atoms with Gasteiger partial charge in [0.15, 0.2) is 10.4 Å². The first-order valence-electron chi connectivity index (χ1n) is 8.62. The van der Waals surface area contributed by atoms with Gasteiger partial charge in [0.2, 0.25) is 0 Å². The molecule has 3 rings (SSSR count). The lowest BCUT2D eigenvalue weighted by Crippen LogP contribution is -2.44. The SMILES string of the molecule is CC(Oc1cccc(/C=C2\SC(=S)N(NC(=O)c3ccc(O)cc3)C2=O)c1)C(=O)O. The second-order valence-corrected chi connectivity index (χ2v) is 7.85. The second-order valence-electron chi connectivity index (χ2n) is 6.18. The van der Waals surface area contributed by atoms with Crippen LogP contribution in [0.1, 0.15) is 22.8 Å². The van der Waals surface area contributed by atoms with E-state index < -0.39 is 23.9 Å². The van der Waals surface area contributed by atoms with Gasteiger partial charge in [-0.05, 0) is 67.2 Å². The highest BCUT2D eigenvalue weighted by Crippen LogP contribution is 2.32. The maximum Gasteiger partial charge on any atom is 0.344 e. The number of nitrogens with one attached hydrogen (secondary N) is 1. The standard InChI is InChI=1S/C20H16N2O6S2/c1-11(19(26)27)28-15-4-2-3-12(9-15)10-16-18(25)22(20(29)30-16)21-17(24)13-5-7-14(23)8-6-13/h2-11,23H,1H3,(H,21,24)(H,26,27)/b16-10-. The van der Waals surface area contributed by atoms with Crippen molar-refractivity contribution >= 4 is 52.2 Å². The van der Waals surface area contributed by atoms with E-state index in [0.29, 0.717) is 11.3 Å². The van der Waals surface area contributed by atoms with Crippen molar-refractivity contribution in [1.29, 1.82) is 0 Å². The average molecular weight is 444 g/mol. The minimum Gasteiger partial charge on any atom is -0.508 e. The first-order chi connectivity index (χ1) is 14.2. The van der Waals surface area contributed by atoms with E-state index in [-0.39, 0.29) is 20.5 Å². The van der Waals surface area contributed by atoms with Crippen LogP contribution in [0.25, 0.3) is 6.08 Å². The summed E-state index contributed by atoms with van der Waals surface area (Å²) in [5.74, 6) is -1.78. The molecule has 1 atom stereocenters. The fourth-order valence-corrected chi connectivity index (χ4v) is 3.61. The molecule has 1 heterocycles. The quantitative estimate of drug-likeness (QED) is 0.460. The highest BCUT2D eigenvalue weighted by molar-refractivity contribution is 8.26. The molecule has 0 bridgehead atoms. The molecule has 154 valence electrons. The van der Waals surface area contributed by atoms with Gasteiger partial charge in [0, 0.05) is 5.56 Å². The van der Waals surface area contributed by atoms with Crippen LogP contribution in [0.15, 0.2) is 53.4 Å². The number of hydrogen-bond acceptors (Lipinski definition) is 7. The number of aliphatic carboxylic acids is 1. The van der Waals surface area contributed by atoms with Crippen LogP contribution in [0.4, 0.5) is 0 Å². The lowest BCUT2D eigenvalue weighted by atomic mass is 10.2. The normalized spacial score (nSPS) is 15.9. The molecule has 0 aliphatic carbocycles. The summed E-state index contributed by atoms with van der Waals surface area (Å²) in [7, 11) is 0. The number of phenols is 1. The summed E-state index contributed by atoms with van der Waals surface area (Å²) in [5, 5.41) is 19.2. The van der Waals surface area contributed by atoms with Gasteiger partial charge in [-0.2, -0.15) is 5.01 Å². The van der Waals surface area contributed by atoms with E-state index in [1.54, 1.807) is 30.3 Å². The van der Waals surface area contributed by atoms with Gasteiger partial charge in [0.1, 0.15) is 11.5 Å². The lowest BCUT2D eigenvalue weighted by molar-refractivity contribution is -0.144. The summed E-state index contributed by atoms with van der Waals surface area (Å²) in [5.41, 5.74) is 3.31. The summed E-state index contributed by atoms with van der Waals surface area (Å²) in [6.45, 7) is 1.41. The molecule has 2 aromatic rings. The minimum absolute atomic E-state index is 0.0176. The number of amides is 2. The number of phenolic OH excluding ortho intramolecular Hbond substituents is 1. The number of aromatic hydroxyl groups is 1. The molecule has 2 aromatic carbocycles. The van der Waals surface area contributed by atoms with Crippen molar-refractivity contribution in [3.05, 3.63) is 64.6 Å². The highest BCUT2D eigenvalue weighted by Gasteiger charge is 2.33. The molecule has 1 aliphatic heterocycles. The molecule has 0 aromatic heterocycles. The molecule has 0 saturated carbocycles. The van der Waals surface area contributed by atoms with Crippen molar-refractivity contribution in [2.75, 3.05) is 0 Å². The van der Waals surface area contributed by atoms with Crippen LogP contribution in [-0.2, 0) is 9.59 Å². The zero-order chi connectivity index (χ0) is 21.8. The van der Waals surface area contributed by atoms with Crippen molar-refractivity contribution in [1.82, 2.24) is 10.4 Å². The van der Waals surface area contributed by atoms with E-state index in [1.165, 1.54) is 31.2 Å². The molecule has 1 fully saturated rings. The Morgan fingerprint density at radius 1 is 1.23 bits per heavy atom. The number of rotatable bonds is 6. The smallest absolute Gasteiger partial charge is 0.344 e. The Hall–Kier alpha value is -3.37. The highest BCUT2D eigenvalue weighted by atomic mass is 32.2. The Morgan fingerprint density at radius 3 is 2.60 bits per heavy atom. The maximum atomic E-state index is 12.7. The number of benzene rings is 2. The topological polar surface area (TPSA) is 116 Å². The fourth-order valence-electron chi connectivity index (χ4n) is 2.43. The van der Waals surface area contributed by atoms with E-state index in [2.05, 4.69) is 5.43 Å². The van der Waals surface area contributed by atoms with E-state index >= 15 is 0 Å². The Labute approximate surface area is 181 Å². The fraction of sp³-hybridized carbons (Fsp3) is 0.100. The van der Waals surface area contributed by atoms with Crippen molar-refractivity contribution < 1.29 is 29.3 Å². The number of thiocarbonyl (C=S) groups is 1. The number of carbonyl (C=O) groups excluding carboxylic acids is 2. The van der Waals surface area contributed by atoms with Gasteiger partial charge in [-0.25, -0.2) is 4.79 Å². The van der Waals surface area contributed by atoms with Crippen LogP contribution < -0.4 is 10.2 Å². The Balaban J connectivity index is 1.74. The number of thioether (sulfide) groups is 1. The Morgan fingerprint density at radius 2 is 1.93 bits per heavy atom. The van der Waals surface area contributed by atoms with Gasteiger partial charge in [0.05, 0.1) is 4.91 Å². The predicted octanol–water partition coefficient (Wildman–Crippen LogP) is 2.79. The van der Waals surface area contributed by atoms with Crippen LogP contribution in [0.5, 0.6) is 11.5 Å². The van der Waals surface area contributed by atoms with Gasteiger partial charge < -0.3 is 14.9 Å². The van der Waals surface area contributed by atoms with Crippen LogP contribution in [0.2, 0.25) is 0 Å². The van der Waals surface area contributed by atoms with E-state index in [9.17, 15) is 19.5 Å². The van der Waals surface area contributed by atoms with Gasteiger partial charge in [-0.15, -0.1) is 0 Å². The molecule has 1 saturated heterocycles. The van der Waals surface area contributed by atoms with Crippen molar-refractivity contribution in [3.63, 3.8) is 0 Å². The molecule has 1 aliphatic rings. The molecule has 10 heteroatoms. The molecular formula is C20H16N2O6S2. The Kier molecular flexibility index (Phi) is 6.38. The van der Waals surface area contributed by atoms with Gasteiger partial charge in [-0.3, -0.25) is 15.0 Å². The zero-order valence-electron chi connectivity index (χ0n) is 15.6. The molecule has 30 heavy (non-hydrogen) atoms. The van der Waals surface area contributed by atoms with Gasteiger partial charge in [0.25, 0.3) is 11.8 Å². The first kappa shape index (κ1) is 21.3. The van der Waals surface area contributed by atoms with Crippen molar-refractivity contribution in [3.8, 4) is 11.5 Å². The van der Waals surface area contributed by atoms with E-state index in [1.807, 2.05) is 0 Å². The molecule has 2 amide bonds. The summed E-state index contributed by atoms with van der Waals surface area (Å²) >= 11 is 6.21. The molecule has 0 radical (unpaired) electrons. The molecule has 8 nitrogen and oxygen atoms in total. The number of ether oxygens (including phenoxy) is 1. The number of carbonyl (C=O) groups is 3. The van der Waals surface area contributed by atoms with Gasteiger partial charge >= 0.3 is 5.97 Å². The third-order valence-corrected chi connectivity index (χ3v) is 5.26. The number of carboxylic acid groups (broad SMARTS) is 1. The third-order valence-electron chi connectivity index (χ3n) is 3.95. The van der Waals surface area contributed by atoms with Crippen molar-refractivity contribution in [2.24, 2.45) is 0 Å². The van der Waals surface area contributed by atoms with Crippen molar-refractivity contribution in [2.45, 2.75) is 13.0 Å². The van der Waals surface area contributed by atoms with E-state index in [4.69, 9.17) is 22.1 Å².